The summed E-state index contributed by atoms with van der Waals surface area (Å²) in [6, 6.07) is 16.9. The van der Waals surface area contributed by atoms with Gasteiger partial charge in [0, 0.05) is 6.04 Å². The molecule has 2 nitrogen and oxygen atoms in total. The van der Waals surface area contributed by atoms with Crippen molar-refractivity contribution in [3.05, 3.63) is 59.7 Å². The molecular formula is C18H23NO. The summed E-state index contributed by atoms with van der Waals surface area (Å²) in [4.78, 5) is 0. The second-order valence-electron chi connectivity index (χ2n) is 5.07. The minimum Gasteiger partial charge on any atom is -0.491 e. The van der Waals surface area contributed by atoms with Crippen molar-refractivity contribution < 1.29 is 4.74 Å². The van der Waals surface area contributed by atoms with Crippen LogP contribution in [0.25, 0.3) is 0 Å². The zero-order valence-electron chi connectivity index (χ0n) is 12.5. The van der Waals surface area contributed by atoms with E-state index < -0.39 is 0 Å². The van der Waals surface area contributed by atoms with Crippen LogP contribution in [0.4, 0.5) is 5.69 Å². The minimum absolute atomic E-state index is 0.252. The predicted octanol–water partition coefficient (Wildman–Crippen LogP) is 4.96. The third kappa shape index (κ3) is 3.53. The highest BCUT2D eigenvalue weighted by Crippen LogP contribution is 2.29. The van der Waals surface area contributed by atoms with Crippen molar-refractivity contribution in [1.29, 1.82) is 0 Å². The van der Waals surface area contributed by atoms with E-state index in [0.717, 1.165) is 24.5 Å². The highest BCUT2D eigenvalue weighted by atomic mass is 16.5. The Kier molecular flexibility index (Phi) is 5.05. The third-order valence-electron chi connectivity index (χ3n) is 3.38. The summed E-state index contributed by atoms with van der Waals surface area (Å²) in [5.41, 5.74) is 3.67. The molecule has 0 saturated heterocycles. The Morgan fingerprint density at radius 3 is 2.50 bits per heavy atom. The standard InChI is InChI=1S/C18H23NO/c1-4-13-20-18-12-8-7-11-17(18)19-15(3)16-10-6-5-9-14(16)2/h5-12,15,19H,4,13H2,1-3H3. The summed E-state index contributed by atoms with van der Waals surface area (Å²) < 4.78 is 5.79. The quantitative estimate of drug-likeness (QED) is 0.800. The fourth-order valence-electron chi connectivity index (χ4n) is 2.31. The van der Waals surface area contributed by atoms with Gasteiger partial charge in [0.15, 0.2) is 0 Å². The Morgan fingerprint density at radius 1 is 1.05 bits per heavy atom. The highest BCUT2D eigenvalue weighted by Gasteiger charge is 2.10. The van der Waals surface area contributed by atoms with Gasteiger partial charge in [0.2, 0.25) is 0 Å². The van der Waals surface area contributed by atoms with Gasteiger partial charge in [-0.1, -0.05) is 43.3 Å². The summed E-state index contributed by atoms with van der Waals surface area (Å²) in [6.07, 6.45) is 1.02. The smallest absolute Gasteiger partial charge is 0.142 e. The van der Waals surface area contributed by atoms with Crippen LogP contribution in [-0.2, 0) is 0 Å². The molecule has 0 aliphatic carbocycles. The molecule has 2 aromatic rings. The number of benzene rings is 2. The van der Waals surface area contributed by atoms with Crippen molar-refractivity contribution in [2.75, 3.05) is 11.9 Å². The van der Waals surface area contributed by atoms with Crippen LogP contribution in [0.15, 0.2) is 48.5 Å². The van der Waals surface area contributed by atoms with Gasteiger partial charge in [0.05, 0.1) is 12.3 Å². The average Bonchev–Trinajstić information content (AvgIpc) is 2.46. The molecule has 0 spiro atoms. The van der Waals surface area contributed by atoms with Crippen LogP contribution in [0.1, 0.15) is 37.4 Å². The van der Waals surface area contributed by atoms with E-state index in [0.29, 0.717) is 0 Å². The largest absolute Gasteiger partial charge is 0.491 e. The molecule has 1 atom stereocenters. The molecule has 2 rings (SSSR count). The Balaban J connectivity index is 2.15. The molecule has 0 amide bonds. The number of hydrogen-bond donors (Lipinski definition) is 1. The number of para-hydroxylation sites is 2. The predicted molar refractivity (Wildman–Crippen MR) is 85.4 cm³/mol. The van der Waals surface area contributed by atoms with Crippen LogP contribution >= 0.6 is 0 Å². The average molecular weight is 269 g/mol. The zero-order valence-corrected chi connectivity index (χ0v) is 12.5. The van der Waals surface area contributed by atoms with Crippen molar-refractivity contribution in [2.45, 2.75) is 33.2 Å². The van der Waals surface area contributed by atoms with Gasteiger partial charge >= 0.3 is 0 Å². The van der Waals surface area contributed by atoms with Crippen LogP contribution in [0.2, 0.25) is 0 Å². The van der Waals surface area contributed by atoms with Crippen LogP contribution < -0.4 is 10.1 Å². The summed E-state index contributed by atoms with van der Waals surface area (Å²) >= 11 is 0. The minimum atomic E-state index is 0.252. The van der Waals surface area contributed by atoms with Crippen molar-refractivity contribution >= 4 is 5.69 Å². The number of aryl methyl sites for hydroxylation is 1. The molecule has 1 unspecified atom stereocenters. The van der Waals surface area contributed by atoms with Crippen LogP contribution in [0, 0.1) is 6.92 Å². The molecular weight excluding hydrogens is 246 g/mol. The van der Waals surface area contributed by atoms with Crippen LogP contribution in [0.3, 0.4) is 0 Å². The lowest BCUT2D eigenvalue weighted by Crippen LogP contribution is -2.09. The number of nitrogens with one attached hydrogen (secondary N) is 1. The van der Waals surface area contributed by atoms with E-state index in [1.54, 1.807) is 0 Å². The molecule has 0 aliphatic rings. The molecule has 0 heterocycles. The van der Waals surface area contributed by atoms with Crippen molar-refractivity contribution in [2.24, 2.45) is 0 Å². The van der Waals surface area contributed by atoms with Gasteiger partial charge in [-0.25, -0.2) is 0 Å². The topological polar surface area (TPSA) is 21.3 Å². The first-order valence-corrected chi connectivity index (χ1v) is 7.26. The van der Waals surface area contributed by atoms with E-state index in [4.69, 9.17) is 4.74 Å². The number of ether oxygens (including phenoxy) is 1. The molecule has 0 bridgehead atoms. The fraction of sp³-hybridized carbons (Fsp3) is 0.333. The fourth-order valence-corrected chi connectivity index (χ4v) is 2.31. The van der Waals surface area contributed by atoms with Gasteiger partial charge in [-0.05, 0) is 43.5 Å². The summed E-state index contributed by atoms with van der Waals surface area (Å²) in [5.74, 6) is 0.926. The summed E-state index contributed by atoms with van der Waals surface area (Å²) in [7, 11) is 0. The normalized spacial score (nSPS) is 11.9. The zero-order chi connectivity index (χ0) is 14.4. The lowest BCUT2D eigenvalue weighted by molar-refractivity contribution is 0.318. The van der Waals surface area contributed by atoms with Gasteiger partial charge in [-0.2, -0.15) is 0 Å². The first-order valence-electron chi connectivity index (χ1n) is 7.26. The Labute approximate surface area is 121 Å². The molecule has 0 fully saturated rings. The molecule has 0 aliphatic heterocycles. The third-order valence-corrected chi connectivity index (χ3v) is 3.38. The van der Waals surface area contributed by atoms with E-state index in [1.807, 2.05) is 18.2 Å². The maximum Gasteiger partial charge on any atom is 0.142 e. The van der Waals surface area contributed by atoms with Crippen LogP contribution in [-0.4, -0.2) is 6.61 Å². The van der Waals surface area contributed by atoms with Crippen LogP contribution in [0.5, 0.6) is 5.75 Å². The van der Waals surface area contributed by atoms with Gasteiger partial charge in [0.25, 0.3) is 0 Å². The Morgan fingerprint density at radius 2 is 1.75 bits per heavy atom. The Bertz CT molecular complexity index is 551. The number of rotatable bonds is 6. The lowest BCUT2D eigenvalue weighted by atomic mass is 10.0. The number of hydrogen-bond acceptors (Lipinski definition) is 2. The van der Waals surface area contributed by atoms with E-state index in [9.17, 15) is 0 Å². The van der Waals surface area contributed by atoms with Crippen molar-refractivity contribution in [3.8, 4) is 5.75 Å². The maximum absolute atomic E-state index is 5.79. The van der Waals surface area contributed by atoms with E-state index in [-0.39, 0.29) is 6.04 Å². The first-order chi connectivity index (χ1) is 9.72. The summed E-state index contributed by atoms with van der Waals surface area (Å²) in [5, 5.41) is 3.55. The SMILES string of the molecule is CCCOc1ccccc1NC(C)c1ccccc1C. The highest BCUT2D eigenvalue weighted by molar-refractivity contribution is 5.57. The van der Waals surface area contributed by atoms with Crippen molar-refractivity contribution in [1.82, 2.24) is 0 Å². The van der Waals surface area contributed by atoms with Gasteiger partial charge < -0.3 is 10.1 Å². The maximum atomic E-state index is 5.79. The molecule has 0 radical (unpaired) electrons. The second kappa shape index (κ2) is 6.99. The second-order valence-corrected chi connectivity index (χ2v) is 5.07. The molecule has 20 heavy (non-hydrogen) atoms. The van der Waals surface area contributed by atoms with Gasteiger partial charge in [0.1, 0.15) is 5.75 Å². The van der Waals surface area contributed by atoms with E-state index in [2.05, 4.69) is 56.4 Å². The molecule has 106 valence electrons. The molecule has 1 N–H and O–H groups in total. The van der Waals surface area contributed by atoms with E-state index >= 15 is 0 Å². The molecule has 0 aromatic heterocycles. The van der Waals surface area contributed by atoms with Gasteiger partial charge in [-0.15, -0.1) is 0 Å². The Hall–Kier alpha value is -1.96. The molecule has 0 saturated carbocycles. The van der Waals surface area contributed by atoms with Gasteiger partial charge in [-0.3, -0.25) is 0 Å². The first kappa shape index (κ1) is 14.4. The lowest BCUT2D eigenvalue weighted by Gasteiger charge is -2.20. The molecule has 2 heteroatoms. The monoisotopic (exact) mass is 269 g/mol. The summed E-state index contributed by atoms with van der Waals surface area (Å²) in [6.45, 7) is 7.19. The van der Waals surface area contributed by atoms with Crippen molar-refractivity contribution in [3.63, 3.8) is 0 Å². The number of anilines is 1. The van der Waals surface area contributed by atoms with E-state index in [1.165, 1.54) is 11.1 Å². The molecule has 2 aromatic carbocycles.